The molecule has 1 fully saturated rings. The van der Waals surface area contributed by atoms with E-state index in [1.165, 1.54) is 0 Å². The summed E-state index contributed by atoms with van der Waals surface area (Å²) in [5.74, 6) is -0.249. The van der Waals surface area contributed by atoms with Gasteiger partial charge in [0.25, 0.3) is 0 Å². The van der Waals surface area contributed by atoms with E-state index in [1.807, 2.05) is 25.1 Å². The number of carbonyl (C=O) groups is 1. The SMILES string of the molecule is CCOC(=O)c1cccc(CN2CCOCC2)c1. The first kappa shape index (κ1) is 13.1. The monoisotopic (exact) mass is 249 g/mol. The van der Waals surface area contributed by atoms with E-state index in [9.17, 15) is 4.79 Å². The molecule has 1 aliphatic heterocycles. The molecule has 0 atom stereocenters. The maximum absolute atomic E-state index is 11.6. The first-order chi connectivity index (χ1) is 8.79. The Labute approximate surface area is 107 Å². The fourth-order valence-corrected chi connectivity index (χ4v) is 2.03. The second-order valence-corrected chi connectivity index (χ2v) is 4.31. The van der Waals surface area contributed by atoms with Gasteiger partial charge in [-0.3, -0.25) is 4.90 Å². The van der Waals surface area contributed by atoms with Crippen molar-refractivity contribution in [3.8, 4) is 0 Å². The van der Waals surface area contributed by atoms with Gasteiger partial charge in [-0.15, -0.1) is 0 Å². The Morgan fingerprint density at radius 3 is 2.89 bits per heavy atom. The highest BCUT2D eigenvalue weighted by Gasteiger charge is 2.12. The zero-order chi connectivity index (χ0) is 12.8. The largest absolute Gasteiger partial charge is 0.462 e. The molecule has 0 N–H and O–H groups in total. The summed E-state index contributed by atoms with van der Waals surface area (Å²) in [6.07, 6.45) is 0. The van der Waals surface area contributed by atoms with Crippen molar-refractivity contribution >= 4 is 5.97 Å². The van der Waals surface area contributed by atoms with Gasteiger partial charge in [-0.2, -0.15) is 0 Å². The van der Waals surface area contributed by atoms with E-state index < -0.39 is 0 Å². The molecule has 1 aromatic rings. The number of nitrogens with zero attached hydrogens (tertiary/aromatic N) is 1. The van der Waals surface area contributed by atoms with E-state index in [1.54, 1.807) is 6.07 Å². The Hall–Kier alpha value is -1.39. The standard InChI is InChI=1S/C14H19NO3/c1-2-18-14(16)13-5-3-4-12(10-13)11-15-6-8-17-9-7-15/h3-5,10H,2,6-9,11H2,1H3. The molecule has 98 valence electrons. The minimum Gasteiger partial charge on any atom is -0.462 e. The van der Waals surface area contributed by atoms with E-state index >= 15 is 0 Å². The minimum absolute atomic E-state index is 0.249. The number of rotatable bonds is 4. The molecule has 0 bridgehead atoms. The lowest BCUT2D eigenvalue weighted by Gasteiger charge is -2.26. The van der Waals surface area contributed by atoms with Gasteiger partial charge < -0.3 is 9.47 Å². The summed E-state index contributed by atoms with van der Waals surface area (Å²) in [5.41, 5.74) is 1.77. The number of benzene rings is 1. The van der Waals surface area contributed by atoms with Gasteiger partial charge >= 0.3 is 5.97 Å². The molecular formula is C14H19NO3. The lowest BCUT2D eigenvalue weighted by Crippen LogP contribution is -2.35. The molecule has 0 spiro atoms. The maximum Gasteiger partial charge on any atom is 0.338 e. The van der Waals surface area contributed by atoms with Crippen molar-refractivity contribution in [3.63, 3.8) is 0 Å². The van der Waals surface area contributed by atoms with Crippen LogP contribution in [0.5, 0.6) is 0 Å². The molecule has 0 unspecified atom stereocenters. The quantitative estimate of drug-likeness (QED) is 0.761. The van der Waals surface area contributed by atoms with E-state index in [2.05, 4.69) is 4.90 Å². The molecule has 4 nitrogen and oxygen atoms in total. The number of carbonyl (C=O) groups excluding carboxylic acids is 1. The average Bonchev–Trinajstić information content (AvgIpc) is 2.40. The van der Waals surface area contributed by atoms with Crippen LogP contribution in [0.1, 0.15) is 22.8 Å². The van der Waals surface area contributed by atoms with Crippen LogP contribution in [-0.2, 0) is 16.0 Å². The Kier molecular flexibility index (Phi) is 4.73. The van der Waals surface area contributed by atoms with Gasteiger partial charge in [-0.1, -0.05) is 12.1 Å². The summed E-state index contributed by atoms with van der Waals surface area (Å²) in [5, 5.41) is 0. The molecular weight excluding hydrogens is 230 g/mol. The first-order valence-corrected chi connectivity index (χ1v) is 6.35. The highest BCUT2D eigenvalue weighted by molar-refractivity contribution is 5.89. The van der Waals surface area contributed by atoms with Crippen molar-refractivity contribution < 1.29 is 14.3 Å². The summed E-state index contributed by atoms with van der Waals surface area (Å²) in [7, 11) is 0. The van der Waals surface area contributed by atoms with Crippen LogP contribution in [0.25, 0.3) is 0 Å². The van der Waals surface area contributed by atoms with Crippen molar-refractivity contribution in [2.75, 3.05) is 32.9 Å². The van der Waals surface area contributed by atoms with Crippen LogP contribution < -0.4 is 0 Å². The second-order valence-electron chi connectivity index (χ2n) is 4.31. The van der Waals surface area contributed by atoms with Crippen LogP contribution >= 0.6 is 0 Å². The Morgan fingerprint density at radius 2 is 2.17 bits per heavy atom. The van der Waals surface area contributed by atoms with Crippen molar-refractivity contribution in [2.24, 2.45) is 0 Å². The van der Waals surface area contributed by atoms with Gasteiger partial charge in [-0.25, -0.2) is 4.79 Å². The fourth-order valence-electron chi connectivity index (χ4n) is 2.03. The third-order valence-corrected chi connectivity index (χ3v) is 2.95. The predicted molar refractivity (Wildman–Crippen MR) is 68.5 cm³/mol. The van der Waals surface area contributed by atoms with Gasteiger partial charge in [0.2, 0.25) is 0 Å². The first-order valence-electron chi connectivity index (χ1n) is 6.35. The highest BCUT2D eigenvalue weighted by atomic mass is 16.5. The number of hydrogen-bond acceptors (Lipinski definition) is 4. The number of morpholine rings is 1. The Balaban J connectivity index is 2.00. The molecule has 1 saturated heterocycles. The van der Waals surface area contributed by atoms with Crippen LogP contribution in [0.4, 0.5) is 0 Å². The summed E-state index contributed by atoms with van der Waals surface area (Å²) in [6, 6.07) is 7.65. The molecule has 0 aromatic heterocycles. The molecule has 1 aromatic carbocycles. The van der Waals surface area contributed by atoms with Crippen LogP contribution in [0.2, 0.25) is 0 Å². The second kappa shape index (κ2) is 6.52. The van der Waals surface area contributed by atoms with Crippen LogP contribution in [0.15, 0.2) is 24.3 Å². The van der Waals surface area contributed by atoms with Crippen LogP contribution in [0, 0.1) is 0 Å². The number of esters is 1. The summed E-state index contributed by atoms with van der Waals surface area (Å²) < 4.78 is 10.3. The average molecular weight is 249 g/mol. The maximum atomic E-state index is 11.6. The minimum atomic E-state index is -0.249. The highest BCUT2D eigenvalue weighted by Crippen LogP contribution is 2.10. The molecule has 4 heteroatoms. The lowest BCUT2D eigenvalue weighted by atomic mass is 10.1. The fraction of sp³-hybridized carbons (Fsp3) is 0.500. The smallest absolute Gasteiger partial charge is 0.338 e. The third-order valence-electron chi connectivity index (χ3n) is 2.95. The lowest BCUT2D eigenvalue weighted by molar-refractivity contribution is 0.0341. The molecule has 18 heavy (non-hydrogen) atoms. The normalized spacial score (nSPS) is 16.5. The molecule has 1 heterocycles. The molecule has 0 radical (unpaired) electrons. The van der Waals surface area contributed by atoms with Crippen molar-refractivity contribution in [3.05, 3.63) is 35.4 Å². The third kappa shape index (κ3) is 3.55. The van der Waals surface area contributed by atoms with Gasteiger partial charge in [0.15, 0.2) is 0 Å². The Bertz CT molecular complexity index is 400. The molecule has 2 rings (SSSR count). The van der Waals surface area contributed by atoms with Gasteiger partial charge in [0, 0.05) is 19.6 Å². The number of ether oxygens (including phenoxy) is 2. The summed E-state index contributed by atoms with van der Waals surface area (Å²) >= 11 is 0. The van der Waals surface area contributed by atoms with Crippen molar-refractivity contribution in [1.29, 1.82) is 0 Å². The predicted octanol–water partition coefficient (Wildman–Crippen LogP) is 1.70. The molecule has 0 saturated carbocycles. The van der Waals surface area contributed by atoms with E-state index in [0.29, 0.717) is 12.2 Å². The number of hydrogen-bond donors (Lipinski definition) is 0. The Morgan fingerprint density at radius 1 is 1.39 bits per heavy atom. The topological polar surface area (TPSA) is 38.8 Å². The van der Waals surface area contributed by atoms with Gasteiger partial charge in [-0.05, 0) is 24.6 Å². The van der Waals surface area contributed by atoms with Crippen LogP contribution in [-0.4, -0.2) is 43.8 Å². The van der Waals surface area contributed by atoms with E-state index in [4.69, 9.17) is 9.47 Å². The molecule has 0 aliphatic carbocycles. The summed E-state index contributed by atoms with van der Waals surface area (Å²) in [4.78, 5) is 14.0. The van der Waals surface area contributed by atoms with E-state index in [0.717, 1.165) is 38.4 Å². The molecule has 0 amide bonds. The van der Waals surface area contributed by atoms with Crippen molar-refractivity contribution in [1.82, 2.24) is 4.90 Å². The van der Waals surface area contributed by atoms with E-state index in [-0.39, 0.29) is 5.97 Å². The zero-order valence-electron chi connectivity index (χ0n) is 10.7. The summed E-state index contributed by atoms with van der Waals surface area (Å²) in [6.45, 7) is 6.56. The molecule has 1 aliphatic rings. The van der Waals surface area contributed by atoms with Gasteiger partial charge in [0.05, 0.1) is 25.4 Å². The van der Waals surface area contributed by atoms with Gasteiger partial charge in [0.1, 0.15) is 0 Å². The zero-order valence-corrected chi connectivity index (χ0v) is 10.7. The van der Waals surface area contributed by atoms with Crippen molar-refractivity contribution in [2.45, 2.75) is 13.5 Å². The van der Waals surface area contributed by atoms with Crippen LogP contribution in [0.3, 0.4) is 0 Å².